The molecule has 0 aromatic heterocycles. The molecule has 2 unspecified atom stereocenters. The molecule has 3 fully saturated rings. The number of hydrogen-bond donors (Lipinski definition) is 2. The summed E-state index contributed by atoms with van der Waals surface area (Å²) in [6, 6.07) is 0.577. The van der Waals surface area contributed by atoms with Crippen molar-refractivity contribution in [2.24, 2.45) is 4.99 Å². The van der Waals surface area contributed by atoms with E-state index in [1.165, 1.54) is 50.9 Å². The van der Waals surface area contributed by atoms with E-state index >= 15 is 0 Å². The number of halogens is 1. The first-order valence-electron chi connectivity index (χ1n) is 10.2. The van der Waals surface area contributed by atoms with Gasteiger partial charge in [-0.05, 0) is 63.8 Å². The van der Waals surface area contributed by atoms with Crippen molar-refractivity contribution in [3.63, 3.8) is 0 Å². The Hall–Kier alpha value is 0.270. The second-order valence-corrected chi connectivity index (χ2v) is 9.27. The molecule has 1 saturated carbocycles. The number of rotatable bonds is 6. The van der Waals surface area contributed by atoms with Crippen molar-refractivity contribution in [3.05, 3.63) is 0 Å². The van der Waals surface area contributed by atoms with Gasteiger partial charge in [0.15, 0.2) is 5.96 Å². The zero-order valence-electron chi connectivity index (χ0n) is 16.5. The monoisotopic (exact) mass is 496 g/mol. The molecule has 0 aromatic rings. The number of thioether (sulfide) groups is 1. The van der Waals surface area contributed by atoms with E-state index in [1.807, 2.05) is 7.05 Å². The maximum absolute atomic E-state index is 5.66. The van der Waals surface area contributed by atoms with Crippen LogP contribution in [-0.2, 0) is 4.74 Å². The van der Waals surface area contributed by atoms with Gasteiger partial charge in [-0.1, -0.05) is 6.92 Å². The van der Waals surface area contributed by atoms with Gasteiger partial charge in [-0.3, -0.25) is 9.89 Å². The van der Waals surface area contributed by atoms with Gasteiger partial charge in [-0.2, -0.15) is 11.8 Å². The Balaban J connectivity index is 0.00000243. The van der Waals surface area contributed by atoms with Gasteiger partial charge in [-0.25, -0.2) is 0 Å². The van der Waals surface area contributed by atoms with Gasteiger partial charge in [0, 0.05) is 43.6 Å². The van der Waals surface area contributed by atoms with E-state index in [9.17, 15) is 0 Å². The zero-order valence-corrected chi connectivity index (χ0v) is 19.6. The molecule has 3 aliphatic rings. The van der Waals surface area contributed by atoms with Crippen LogP contribution in [0.4, 0.5) is 0 Å². The number of ether oxygens (including phenoxy) is 1. The fraction of sp³-hybridized carbons (Fsp3) is 0.947. The standard InChI is InChI=1S/C19H36N4OS.HI/c1-3-25-17-7-6-16(14-17)22-18(20-2)21-15-19(8-12-24-13-9-19)23-10-4-5-11-23;/h16-17H,3-15H2,1-2H3,(H2,20,21,22);1H. The van der Waals surface area contributed by atoms with Crippen LogP contribution in [0.3, 0.4) is 0 Å². The van der Waals surface area contributed by atoms with E-state index in [-0.39, 0.29) is 29.5 Å². The van der Waals surface area contributed by atoms with Gasteiger partial charge in [0.2, 0.25) is 0 Å². The third kappa shape index (κ3) is 5.88. The van der Waals surface area contributed by atoms with Gasteiger partial charge in [0.25, 0.3) is 0 Å². The average Bonchev–Trinajstić information content (AvgIpc) is 3.32. The van der Waals surface area contributed by atoms with E-state index in [4.69, 9.17) is 4.74 Å². The Kier molecular flexibility index (Phi) is 9.82. The number of aliphatic imine (C=N–C) groups is 1. The molecule has 3 rings (SSSR count). The highest BCUT2D eigenvalue weighted by molar-refractivity contribution is 14.0. The third-order valence-corrected chi connectivity index (χ3v) is 7.37. The lowest BCUT2D eigenvalue weighted by molar-refractivity contribution is -0.0164. The van der Waals surface area contributed by atoms with Crippen molar-refractivity contribution in [2.75, 3.05) is 45.6 Å². The van der Waals surface area contributed by atoms with Crippen LogP contribution < -0.4 is 10.6 Å². The normalized spacial score (nSPS) is 29.4. The minimum absolute atomic E-state index is 0. The summed E-state index contributed by atoms with van der Waals surface area (Å²) in [6.45, 7) is 7.51. The molecule has 5 nitrogen and oxygen atoms in total. The molecule has 0 amide bonds. The van der Waals surface area contributed by atoms with Crippen LogP contribution in [0.5, 0.6) is 0 Å². The molecule has 2 aliphatic heterocycles. The summed E-state index contributed by atoms with van der Waals surface area (Å²) < 4.78 is 5.66. The van der Waals surface area contributed by atoms with Crippen LogP contribution in [0.2, 0.25) is 0 Å². The van der Waals surface area contributed by atoms with Crippen molar-refractivity contribution >= 4 is 41.7 Å². The summed E-state index contributed by atoms with van der Waals surface area (Å²) in [4.78, 5) is 7.21. The number of nitrogens with one attached hydrogen (secondary N) is 2. The summed E-state index contributed by atoms with van der Waals surface area (Å²) in [5.41, 5.74) is 0.253. The molecule has 2 heterocycles. The fourth-order valence-corrected chi connectivity index (χ4v) is 5.78. The van der Waals surface area contributed by atoms with Crippen LogP contribution in [-0.4, -0.2) is 73.3 Å². The van der Waals surface area contributed by atoms with Gasteiger partial charge in [0.1, 0.15) is 0 Å². The molecule has 2 saturated heterocycles. The minimum Gasteiger partial charge on any atom is -0.381 e. The second-order valence-electron chi connectivity index (χ2n) is 7.69. The summed E-state index contributed by atoms with van der Waals surface area (Å²) >= 11 is 2.11. The maximum atomic E-state index is 5.66. The quantitative estimate of drug-likeness (QED) is 0.336. The Morgan fingerprint density at radius 1 is 1.23 bits per heavy atom. The molecule has 152 valence electrons. The summed E-state index contributed by atoms with van der Waals surface area (Å²) in [6.07, 6.45) is 8.82. The smallest absolute Gasteiger partial charge is 0.191 e. The molecule has 0 radical (unpaired) electrons. The summed E-state index contributed by atoms with van der Waals surface area (Å²) in [5.74, 6) is 2.21. The minimum atomic E-state index is 0. The van der Waals surface area contributed by atoms with E-state index < -0.39 is 0 Å². The molecule has 0 spiro atoms. The molecule has 7 heteroatoms. The molecule has 0 aromatic carbocycles. The van der Waals surface area contributed by atoms with E-state index in [0.29, 0.717) is 6.04 Å². The first kappa shape index (κ1) is 22.6. The van der Waals surface area contributed by atoms with Crippen molar-refractivity contribution in [2.45, 2.75) is 68.7 Å². The first-order valence-corrected chi connectivity index (χ1v) is 11.2. The van der Waals surface area contributed by atoms with E-state index in [0.717, 1.165) is 43.8 Å². The van der Waals surface area contributed by atoms with Crippen molar-refractivity contribution in [1.82, 2.24) is 15.5 Å². The first-order chi connectivity index (χ1) is 12.3. The summed E-state index contributed by atoms with van der Waals surface area (Å²) in [5, 5.41) is 8.17. The lowest BCUT2D eigenvalue weighted by atomic mass is 9.88. The van der Waals surface area contributed by atoms with Crippen molar-refractivity contribution in [3.8, 4) is 0 Å². The SMILES string of the molecule is CCSC1CCC(NC(=NC)NCC2(N3CCCC3)CCOCC2)C1.I. The lowest BCUT2D eigenvalue weighted by Gasteiger charge is -2.45. The van der Waals surface area contributed by atoms with Crippen LogP contribution in [0.25, 0.3) is 0 Å². The maximum Gasteiger partial charge on any atom is 0.191 e. The Morgan fingerprint density at radius 2 is 1.96 bits per heavy atom. The number of likely N-dealkylation sites (tertiary alicyclic amines) is 1. The third-order valence-electron chi connectivity index (χ3n) is 6.14. The number of hydrogen-bond acceptors (Lipinski definition) is 4. The zero-order chi connectivity index (χ0) is 17.5. The molecular weight excluding hydrogens is 459 g/mol. The second kappa shape index (κ2) is 11.3. The fourth-order valence-electron chi connectivity index (χ4n) is 4.64. The van der Waals surface area contributed by atoms with Crippen LogP contribution in [0, 0.1) is 0 Å². The molecule has 0 bridgehead atoms. The molecule has 2 N–H and O–H groups in total. The molecule has 26 heavy (non-hydrogen) atoms. The highest BCUT2D eigenvalue weighted by atomic mass is 127. The average molecular weight is 497 g/mol. The Bertz CT molecular complexity index is 439. The largest absolute Gasteiger partial charge is 0.381 e. The van der Waals surface area contributed by atoms with Crippen molar-refractivity contribution < 1.29 is 4.74 Å². The molecular formula is C19H37IN4OS. The number of nitrogens with zero attached hydrogens (tertiary/aromatic N) is 2. The predicted molar refractivity (Wildman–Crippen MR) is 123 cm³/mol. The Morgan fingerprint density at radius 3 is 2.62 bits per heavy atom. The molecule has 2 atom stereocenters. The topological polar surface area (TPSA) is 48.9 Å². The molecule has 1 aliphatic carbocycles. The number of guanidine groups is 1. The van der Waals surface area contributed by atoms with E-state index in [1.54, 1.807) is 0 Å². The lowest BCUT2D eigenvalue weighted by Crippen LogP contribution is -2.59. The van der Waals surface area contributed by atoms with Gasteiger partial charge >= 0.3 is 0 Å². The van der Waals surface area contributed by atoms with Gasteiger partial charge in [-0.15, -0.1) is 24.0 Å². The van der Waals surface area contributed by atoms with Crippen LogP contribution >= 0.6 is 35.7 Å². The van der Waals surface area contributed by atoms with Crippen LogP contribution in [0.15, 0.2) is 4.99 Å². The Labute approximate surface area is 180 Å². The predicted octanol–water partition coefficient (Wildman–Crippen LogP) is 3.09. The highest BCUT2D eigenvalue weighted by Gasteiger charge is 2.39. The van der Waals surface area contributed by atoms with Gasteiger partial charge in [0.05, 0.1) is 0 Å². The van der Waals surface area contributed by atoms with Crippen molar-refractivity contribution in [1.29, 1.82) is 0 Å². The van der Waals surface area contributed by atoms with E-state index in [2.05, 4.69) is 39.2 Å². The summed E-state index contributed by atoms with van der Waals surface area (Å²) in [7, 11) is 1.90. The van der Waals surface area contributed by atoms with Gasteiger partial charge < -0.3 is 15.4 Å². The van der Waals surface area contributed by atoms with Crippen LogP contribution in [0.1, 0.15) is 51.9 Å². The highest BCUT2D eigenvalue weighted by Crippen LogP contribution is 2.31.